The van der Waals surface area contributed by atoms with Crippen molar-refractivity contribution in [3.05, 3.63) is 18.0 Å². The molecule has 0 aliphatic heterocycles. The van der Waals surface area contributed by atoms with Crippen molar-refractivity contribution >= 4 is 17.4 Å². The lowest BCUT2D eigenvalue weighted by atomic mass is 10.4. The van der Waals surface area contributed by atoms with Crippen molar-refractivity contribution in [3.63, 3.8) is 0 Å². The number of aromatic amines is 1. The van der Waals surface area contributed by atoms with Gasteiger partial charge in [-0.3, -0.25) is 10.1 Å². The Kier molecular flexibility index (Phi) is 2.40. The van der Waals surface area contributed by atoms with E-state index in [-0.39, 0.29) is 5.17 Å². The number of thiocarbonyl (C=S) groups is 1. The minimum absolute atomic E-state index is 0.328. The van der Waals surface area contributed by atoms with Crippen LogP contribution < -0.4 is 5.84 Å². The monoisotopic (exact) mass is 172 g/mol. The molecule has 6 heteroatoms. The Hall–Kier alpha value is -1.14. The first-order valence-electron chi connectivity index (χ1n) is 2.93. The normalized spacial score (nSPS) is 9.55. The van der Waals surface area contributed by atoms with Gasteiger partial charge >= 0.3 is 0 Å². The lowest BCUT2D eigenvalue weighted by molar-refractivity contribution is 0.349. The van der Waals surface area contributed by atoms with Crippen molar-refractivity contribution in [2.75, 3.05) is 0 Å². The molecule has 11 heavy (non-hydrogen) atoms. The third-order valence-electron chi connectivity index (χ3n) is 1.15. The van der Waals surface area contributed by atoms with Gasteiger partial charge in [0.15, 0.2) is 0 Å². The van der Waals surface area contributed by atoms with Crippen LogP contribution in [0.2, 0.25) is 0 Å². The summed E-state index contributed by atoms with van der Waals surface area (Å²) >= 11 is 4.42. The molecule has 0 fully saturated rings. The standard InChI is InChI=1S/C5H8N4OS/c6-9(5(10)11)3-4-1-7-8-2-4/h1-2H,3,6H2,(H,7,8)(H,10,11). The maximum Gasteiger partial charge on any atom is 0.271 e. The van der Waals surface area contributed by atoms with E-state index in [2.05, 4.69) is 22.4 Å². The van der Waals surface area contributed by atoms with Crippen LogP contribution in [0.5, 0.6) is 0 Å². The van der Waals surface area contributed by atoms with Crippen LogP contribution in [-0.2, 0) is 6.54 Å². The maximum absolute atomic E-state index is 8.72. The highest BCUT2D eigenvalue weighted by atomic mass is 32.1. The molecule has 0 aromatic carbocycles. The summed E-state index contributed by atoms with van der Waals surface area (Å²) in [6.07, 6.45) is 3.29. The second kappa shape index (κ2) is 3.31. The van der Waals surface area contributed by atoms with Crippen molar-refractivity contribution < 1.29 is 5.11 Å². The van der Waals surface area contributed by atoms with Gasteiger partial charge in [-0.05, 0) is 12.2 Å². The molecule has 0 aliphatic carbocycles. The molecule has 5 nitrogen and oxygen atoms in total. The summed E-state index contributed by atoms with van der Waals surface area (Å²) in [5.74, 6) is 5.31. The lowest BCUT2D eigenvalue weighted by Gasteiger charge is -2.12. The number of aromatic nitrogens is 2. The fourth-order valence-electron chi connectivity index (χ4n) is 0.628. The molecule has 0 saturated carbocycles. The van der Waals surface area contributed by atoms with Crippen molar-refractivity contribution in [1.82, 2.24) is 15.2 Å². The second-order valence-corrected chi connectivity index (χ2v) is 2.38. The zero-order valence-electron chi connectivity index (χ0n) is 5.69. The van der Waals surface area contributed by atoms with Gasteiger partial charge in [-0.25, -0.2) is 5.84 Å². The summed E-state index contributed by atoms with van der Waals surface area (Å²) in [6, 6.07) is 0. The van der Waals surface area contributed by atoms with E-state index in [0.717, 1.165) is 10.6 Å². The van der Waals surface area contributed by atoms with Gasteiger partial charge in [-0.1, -0.05) is 0 Å². The van der Waals surface area contributed by atoms with E-state index in [4.69, 9.17) is 10.9 Å². The summed E-state index contributed by atoms with van der Waals surface area (Å²) in [4.78, 5) is 0. The average Bonchev–Trinajstić information content (AvgIpc) is 2.39. The highest BCUT2D eigenvalue weighted by Gasteiger charge is 2.02. The van der Waals surface area contributed by atoms with E-state index in [0.29, 0.717) is 6.54 Å². The number of nitrogens with zero attached hydrogens (tertiary/aromatic N) is 2. The summed E-state index contributed by atoms with van der Waals surface area (Å²) in [5.41, 5.74) is 0.865. The average molecular weight is 172 g/mol. The molecule has 4 N–H and O–H groups in total. The molecule has 1 heterocycles. The first-order valence-corrected chi connectivity index (χ1v) is 3.34. The molecule has 1 aromatic rings. The van der Waals surface area contributed by atoms with Crippen molar-refractivity contribution in [3.8, 4) is 0 Å². The van der Waals surface area contributed by atoms with Crippen molar-refractivity contribution in [2.45, 2.75) is 6.54 Å². The number of hydrazine groups is 1. The largest absolute Gasteiger partial charge is 0.486 e. The van der Waals surface area contributed by atoms with E-state index in [1.54, 1.807) is 12.4 Å². The van der Waals surface area contributed by atoms with E-state index >= 15 is 0 Å². The van der Waals surface area contributed by atoms with Gasteiger partial charge in [0.2, 0.25) is 0 Å². The molecule has 0 unspecified atom stereocenters. The molecule has 0 bridgehead atoms. The molecule has 0 radical (unpaired) electrons. The number of hydrogen-bond donors (Lipinski definition) is 3. The molecule has 1 rings (SSSR count). The van der Waals surface area contributed by atoms with Crippen LogP contribution in [0.1, 0.15) is 5.56 Å². The van der Waals surface area contributed by atoms with Gasteiger partial charge in [0.25, 0.3) is 5.17 Å². The quantitative estimate of drug-likeness (QED) is 0.330. The zero-order valence-corrected chi connectivity index (χ0v) is 6.51. The number of nitrogens with one attached hydrogen (secondary N) is 1. The predicted molar refractivity (Wildman–Crippen MR) is 43.5 cm³/mol. The Morgan fingerprint density at radius 1 is 1.91 bits per heavy atom. The van der Waals surface area contributed by atoms with Gasteiger partial charge in [0, 0.05) is 11.8 Å². The van der Waals surface area contributed by atoms with E-state index < -0.39 is 0 Å². The fraction of sp³-hybridized carbons (Fsp3) is 0.200. The van der Waals surface area contributed by atoms with E-state index in [1.807, 2.05) is 0 Å². The van der Waals surface area contributed by atoms with Gasteiger partial charge in [0.05, 0.1) is 12.7 Å². The molecule has 0 amide bonds. The Balaban J connectivity index is 2.50. The molecule has 60 valence electrons. The zero-order chi connectivity index (χ0) is 8.27. The Bertz CT molecular complexity index is 235. The topological polar surface area (TPSA) is 78.2 Å². The van der Waals surface area contributed by atoms with Gasteiger partial charge in [0.1, 0.15) is 0 Å². The van der Waals surface area contributed by atoms with Gasteiger partial charge in [-0.2, -0.15) is 5.10 Å². The van der Waals surface area contributed by atoms with Crippen LogP contribution in [0.4, 0.5) is 0 Å². The molecule has 0 atom stereocenters. The number of hydrogen-bond acceptors (Lipinski definition) is 3. The highest BCUT2D eigenvalue weighted by Crippen LogP contribution is 1.96. The Morgan fingerprint density at radius 2 is 2.64 bits per heavy atom. The van der Waals surface area contributed by atoms with Gasteiger partial charge in [-0.15, -0.1) is 0 Å². The third kappa shape index (κ3) is 2.17. The fourth-order valence-corrected chi connectivity index (χ4v) is 0.693. The van der Waals surface area contributed by atoms with E-state index in [1.165, 1.54) is 0 Å². The number of H-pyrrole nitrogens is 1. The van der Waals surface area contributed by atoms with E-state index in [9.17, 15) is 0 Å². The Morgan fingerprint density at radius 3 is 3.09 bits per heavy atom. The minimum atomic E-state index is -0.328. The van der Waals surface area contributed by atoms with Crippen LogP contribution in [0.3, 0.4) is 0 Å². The summed E-state index contributed by atoms with van der Waals surface area (Å²) in [5, 5.41) is 15.8. The minimum Gasteiger partial charge on any atom is -0.486 e. The number of aliphatic hydroxyl groups is 1. The molecular formula is C5H8N4OS. The van der Waals surface area contributed by atoms with Crippen LogP contribution in [0.25, 0.3) is 0 Å². The SMILES string of the molecule is NN(Cc1cn[nH]c1)C(O)=S. The highest BCUT2D eigenvalue weighted by molar-refractivity contribution is 7.79. The van der Waals surface area contributed by atoms with Gasteiger partial charge < -0.3 is 5.11 Å². The predicted octanol–water partition coefficient (Wildman–Crippen LogP) is -0.0717. The molecule has 1 aromatic heterocycles. The van der Waals surface area contributed by atoms with Crippen LogP contribution in [0.15, 0.2) is 12.4 Å². The first-order chi connectivity index (χ1) is 5.20. The maximum atomic E-state index is 8.72. The first kappa shape index (κ1) is 7.96. The number of aliphatic hydroxyl groups excluding tert-OH is 1. The number of rotatable bonds is 2. The van der Waals surface area contributed by atoms with Crippen molar-refractivity contribution in [2.24, 2.45) is 5.84 Å². The summed E-state index contributed by atoms with van der Waals surface area (Å²) < 4.78 is 0. The summed E-state index contributed by atoms with van der Waals surface area (Å²) in [7, 11) is 0. The second-order valence-electron chi connectivity index (χ2n) is 2.02. The smallest absolute Gasteiger partial charge is 0.271 e. The van der Waals surface area contributed by atoms with Crippen LogP contribution in [-0.4, -0.2) is 25.5 Å². The van der Waals surface area contributed by atoms with Crippen LogP contribution >= 0.6 is 12.2 Å². The summed E-state index contributed by atoms with van der Waals surface area (Å²) in [6.45, 7) is 0.353. The molecular weight excluding hydrogens is 164 g/mol. The van der Waals surface area contributed by atoms with Crippen LogP contribution in [0, 0.1) is 0 Å². The lowest BCUT2D eigenvalue weighted by Crippen LogP contribution is -2.34. The third-order valence-corrected chi connectivity index (χ3v) is 1.39. The Labute approximate surface area is 68.8 Å². The molecule has 0 spiro atoms. The van der Waals surface area contributed by atoms with Crippen molar-refractivity contribution in [1.29, 1.82) is 0 Å². The molecule has 0 saturated heterocycles. The number of nitrogens with two attached hydrogens (primary N) is 1. The molecule has 0 aliphatic rings.